The molecular formula is C30H30N6O3. The standard InChI is InChI=1S/C30H30N6O3/c37-26(10-9-24-13-22-14-31-12-11-27(22)34-24)18-35-29(23-15-33-36(17-23)25-19-39-20-25)16-32-28(30(35)38)8-4-7-21-5-2-1-3-6-21/h1-3,5-6,11-17,25,34H,4,7-10,18-20H2. The maximum absolute atomic E-state index is 13.6. The first kappa shape index (κ1) is 24.9. The Kier molecular flexibility index (Phi) is 7.14. The molecule has 4 aromatic heterocycles. The monoisotopic (exact) mass is 522 g/mol. The van der Waals surface area contributed by atoms with Gasteiger partial charge in [-0.1, -0.05) is 30.3 Å². The van der Waals surface area contributed by atoms with E-state index in [1.54, 1.807) is 29.4 Å². The molecule has 1 aliphatic heterocycles. The molecule has 0 atom stereocenters. The Hall–Kier alpha value is -4.37. The second kappa shape index (κ2) is 11.2. The number of fused-ring (bicyclic) bond motifs is 1. The lowest BCUT2D eigenvalue weighted by Crippen LogP contribution is -2.31. The van der Waals surface area contributed by atoms with Gasteiger partial charge in [0.25, 0.3) is 5.56 Å². The summed E-state index contributed by atoms with van der Waals surface area (Å²) in [4.78, 5) is 38.8. The van der Waals surface area contributed by atoms with E-state index < -0.39 is 0 Å². The Bertz CT molecular complexity index is 1620. The van der Waals surface area contributed by atoms with E-state index in [1.165, 1.54) is 5.56 Å². The van der Waals surface area contributed by atoms with E-state index in [9.17, 15) is 9.59 Å². The molecule has 5 heterocycles. The lowest BCUT2D eigenvalue weighted by molar-refractivity contribution is -0.119. The number of nitrogens with zero attached hydrogens (tertiary/aromatic N) is 5. The maximum Gasteiger partial charge on any atom is 0.273 e. The molecule has 0 amide bonds. The SMILES string of the molecule is O=C(CCc1cc2cnccc2[nH]1)Cn1c(-c2cnn(C3COC3)c2)cnc(CCCc2ccccc2)c1=O. The van der Waals surface area contributed by atoms with Gasteiger partial charge in [0.05, 0.1) is 43.9 Å². The number of hydrogen-bond donors (Lipinski definition) is 1. The number of ketones is 1. The number of H-pyrrole nitrogens is 1. The van der Waals surface area contributed by atoms with Crippen LogP contribution in [-0.2, 0) is 35.3 Å². The van der Waals surface area contributed by atoms with Crippen LogP contribution in [0.15, 0.2) is 78.2 Å². The summed E-state index contributed by atoms with van der Waals surface area (Å²) in [5.74, 6) is -0.0173. The van der Waals surface area contributed by atoms with Crippen molar-refractivity contribution >= 4 is 16.7 Å². The summed E-state index contributed by atoms with van der Waals surface area (Å²) in [5.41, 5.74) is 4.82. The van der Waals surface area contributed by atoms with Crippen LogP contribution < -0.4 is 5.56 Å². The number of pyridine rings is 1. The summed E-state index contributed by atoms with van der Waals surface area (Å²) >= 11 is 0. The van der Waals surface area contributed by atoms with Crippen LogP contribution in [-0.4, -0.2) is 48.3 Å². The number of Topliss-reactive ketones (excluding diaryl/α,β-unsaturated/α-hetero) is 1. The largest absolute Gasteiger partial charge is 0.377 e. The predicted octanol–water partition coefficient (Wildman–Crippen LogP) is 3.93. The molecule has 1 aromatic carbocycles. The predicted molar refractivity (Wildman–Crippen MR) is 147 cm³/mol. The van der Waals surface area contributed by atoms with E-state index in [2.05, 4.69) is 32.2 Å². The van der Waals surface area contributed by atoms with Gasteiger partial charge in [-0.3, -0.25) is 28.8 Å². The van der Waals surface area contributed by atoms with E-state index in [0.717, 1.165) is 35.0 Å². The highest BCUT2D eigenvalue weighted by atomic mass is 16.5. The van der Waals surface area contributed by atoms with Crippen molar-refractivity contribution in [1.82, 2.24) is 29.3 Å². The third-order valence-corrected chi connectivity index (χ3v) is 7.22. The lowest BCUT2D eigenvalue weighted by atomic mass is 10.1. The fourth-order valence-electron chi connectivity index (χ4n) is 4.94. The Morgan fingerprint density at radius 3 is 2.72 bits per heavy atom. The van der Waals surface area contributed by atoms with Gasteiger partial charge in [0.1, 0.15) is 5.69 Å². The van der Waals surface area contributed by atoms with Crippen LogP contribution in [0.5, 0.6) is 0 Å². The number of aryl methyl sites for hydroxylation is 3. The Morgan fingerprint density at radius 2 is 1.92 bits per heavy atom. The van der Waals surface area contributed by atoms with E-state index in [-0.39, 0.29) is 23.9 Å². The Balaban J connectivity index is 1.21. The summed E-state index contributed by atoms with van der Waals surface area (Å²) in [6.07, 6.45) is 12.0. The number of rotatable bonds is 11. The normalized spacial score (nSPS) is 13.5. The molecule has 9 nitrogen and oxygen atoms in total. The number of carbonyl (C=O) groups is 1. The lowest BCUT2D eigenvalue weighted by Gasteiger charge is -2.25. The first-order valence-corrected chi connectivity index (χ1v) is 13.3. The van der Waals surface area contributed by atoms with Crippen molar-refractivity contribution in [3.63, 3.8) is 0 Å². The highest BCUT2D eigenvalue weighted by Crippen LogP contribution is 2.22. The van der Waals surface area contributed by atoms with Gasteiger partial charge >= 0.3 is 0 Å². The van der Waals surface area contributed by atoms with Gasteiger partial charge in [0.2, 0.25) is 0 Å². The molecular weight excluding hydrogens is 492 g/mol. The quantitative estimate of drug-likeness (QED) is 0.282. The number of nitrogens with one attached hydrogen (secondary N) is 1. The minimum atomic E-state index is -0.217. The second-order valence-corrected chi connectivity index (χ2v) is 10.0. The third-order valence-electron chi connectivity index (χ3n) is 7.22. The van der Waals surface area contributed by atoms with Crippen molar-refractivity contribution in [1.29, 1.82) is 0 Å². The van der Waals surface area contributed by atoms with Crippen molar-refractivity contribution in [3.05, 3.63) is 101 Å². The highest BCUT2D eigenvalue weighted by Gasteiger charge is 2.22. The molecule has 6 rings (SSSR count). The fraction of sp³-hybridized carbons (Fsp3) is 0.300. The van der Waals surface area contributed by atoms with Crippen LogP contribution in [0.3, 0.4) is 0 Å². The van der Waals surface area contributed by atoms with E-state index >= 15 is 0 Å². The van der Waals surface area contributed by atoms with Gasteiger partial charge in [-0.15, -0.1) is 0 Å². The summed E-state index contributed by atoms with van der Waals surface area (Å²) < 4.78 is 8.71. The van der Waals surface area contributed by atoms with Crippen LogP contribution >= 0.6 is 0 Å². The average Bonchev–Trinajstić information content (AvgIpc) is 3.56. The number of ether oxygens (including phenoxy) is 1. The van der Waals surface area contributed by atoms with Gasteiger partial charge in [-0.05, 0) is 43.4 Å². The molecule has 1 aliphatic rings. The molecule has 1 saturated heterocycles. The summed E-state index contributed by atoms with van der Waals surface area (Å²) in [7, 11) is 0. The molecule has 0 radical (unpaired) electrons. The van der Waals surface area contributed by atoms with Crippen LogP contribution in [0.2, 0.25) is 0 Å². The fourth-order valence-corrected chi connectivity index (χ4v) is 4.94. The van der Waals surface area contributed by atoms with Crippen molar-refractivity contribution in [2.75, 3.05) is 13.2 Å². The molecule has 0 spiro atoms. The van der Waals surface area contributed by atoms with Gasteiger partial charge in [-0.25, -0.2) is 0 Å². The number of aromatic nitrogens is 6. The molecule has 0 unspecified atom stereocenters. The Morgan fingerprint density at radius 1 is 1.05 bits per heavy atom. The Labute approximate surface area is 225 Å². The first-order chi connectivity index (χ1) is 19.1. The highest BCUT2D eigenvalue weighted by molar-refractivity contribution is 5.81. The number of benzene rings is 1. The molecule has 0 bridgehead atoms. The summed E-state index contributed by atoms with van der Waals surface area (Å²) in [6.45, 7) is 1.23. The van der Waals surface area contributed by atoms with Crippen LogP contribution in [0.25, 0.3) is 22.2 Å². The maximum atomic E-state index is 13.6. The van der Waals surface area contributed by atoms with Gasteiger partial charge < -0.3 is 9.72 Å². The van der Waals surface area contributed by atoms with Crippen LogP contribution in [0.4, 0.5) is 0 Å². The summed E-state index contributed by atoms with van der Waals surface area (Å²) in [6, 6.07) is 14.3. The molecule has 39 heavy (non-hydrogen) atoms. The third kappa shape index (κ3) is 5.58. The van der Waals surface area contributed by atoms with E-state index in [4.69, 9.17) is 4.74 Å². The van der Waals surface area contributed by atoms with E-state index in [1.807, 2.05) is 41.2 Å². The summed E-state index contributed by atoms with van der Waals surface area (Å²) in [5, 5.41) is 5.48. The van der Waals surface area contributed by atoms with Crippen LogP contribution in [0, 0.1) is 0 Å². The second-order valence-electron chi connectivity index (χ2n) is 10.0. The molecule has 1 fully saturated rings. The zero-order chi connectivity index (χ0) is 26.6. The molecule has 198 valence electrons. The molecule has 5 aromatic rings. The van der Waals surface area contributed by atoms with Crippen molar-refractivity contribution in [2.45, 2.75) is 44.7 Å². The number of hydrogen-bond acceptors (Lipinski definition) is 6. The van der Waals surface area contributed by atoms with E-state index in [0.29, 0.717) is 43.9 Å². The van der Waals surface area contributed by atoms with Gasteiger partial charge in [-0.2, -0.15) is 5.10 Å². The minimum absolute atomic E-state index is 0.0120. The molecule has 0 saturated carbocycles. The van der Waals surface area contributed by atoms with Crippen molar-refractivity contribution in [2.24, 2.45) is 0 Å². The minimum Gasteiger partial charge on any atom is -0.377 e. The molecule has 1 N–H and O–H groups in total. The molecule has 0 aliphatic carbocycles. The topological polar surface area (TPSA) is 108 Å². The smallest absolute Gasteiger partial charge is 0.273 e. The average molecular weight is 523 g/mol. The molecule has 9 heteroatoms. The van der Waals surface area contributed by atoms with Gasteiger partial charge in [0, 0.05) is 47.2 Å². The number of aromatic amines is 1. The zero-order valence-corrected chi connectivity index (χ0v) is 21.6. The van der Waals surface area contributed by atoms with Crippen molar-refractivity contribution in [3.8, 4) is 11.3 Å². The van der Waals surface area contributed by atoms with Crippen molar-refractivity contribution < 1.29 is 9.53 Å². The number of carbonyl (C=O) groups excluding carboxylic acids is 1. The van der Waals surface area contributed by atoms with Gasteiger partial charge in [0.15, 0.2) is 5.78 Å². The van der Waals surface area contributed by atoms with Crippen LogP contribution in [0.1, 0.15) is 35.8 Å². The zero-order valence-electron chi connectivity index (χ0n) is 21.6. The first-order valence-electron chi connectivity index (χ1n) is 13.3.